The van der Waals surface area contributed by atoms with Crippen molar-refractivity contribution in [3.63, 3.8) is 0 Å². The molecular weight excluding hydrogens is 534 g/mol. The Balaban J connectivity index is 2.08. The SMILES string of the molecule is Cc1cccc(CN(C(=O)CN(c2cc(Cl)ccc2C)S(C)(=O)=O)[C@@H](Cc2ccccc2)C(=O)NC(C)C)c1. The number of anilines is 1. The number of carbonyl (C=O) groups excluding carboxylic acids is 2. The summed E-state index contributed by atoms with van der Waals surface area (Å²) in [6.07, 6.45) is 1.32. The number of benzene rings is 3. The van der Waals surface area contributed by atoms with Crippen LogP contribution in [0.2, 0.25) is 5.02 Å². The molecule has 0 saturated carbocycles. The van der Waals surface area contributed by atoms with E-state index in [1.54, 1.807) is 19.1 Å². The van der Waals surface area contributed by atoms with Crippen molar-refractivity contribution in [3.05, 3.63) is 100 Å². The topological polar surface area (TPSA) is 86.8 Å². The van der Waals surface area contributed by atoms with Gasteiger partial charge in [0.15, 0.2) is 0 Å². The molecular formula is C30H36ClN3O4S. The van der Waals surface area contributed by atoms with Gasteiger partial charge in [-0.3, -0.25) is 13.9 Å². The Hall–Kier alpha value is -3.36. The zero-order chi connectivity index (χ0) is 28.7. The molecule has 3 rings (SSSR count). The number of rotatable bonds is 11. The Morgan fingerprint density at radius 2 is 1.59 bits per heavy atom. The van der Waals surface area contributed by atoms with E-state index in [0.717, 1.165) is 27.3 Å². The molecule has 3 aromatic rings. The fourth-order valence-corrected chi connectivity index (χ4v) is 5.45. The van der Waals surface area contributed by atoms with Crippen molar-refractivity contribution in [2.75, 3.05) is 17.1 Å². The van der Waals surface area contributed by atoms with E-state index in [1.807, 2.05) is 75.4 Å². The van der Waals surface area contributed by atoms with Crippen molar-refractivity contribution in [3.8, 4) is 0 Å². The quantitative estimate of drug-likeness (QED) is 0.356. The second kappa shape index (κ2) is 13.1. The highest BCUT2D eigenvalue weighted by Gasteiger charge is 2.33. The lowest BCUT2D eigenvalue weighted by molar-refractivity contribution is -0.140. The predicted molar refractivity (Wildman–Crippen MR) is 157 cm³/mol. The number of nitrogens with zero attached hydrogens (tertiary/aromatic N) is 2. The third-order valence-corrected chi connectivity index (χ3v) is 7.62. The molecule has 9 heteroatoms. The van der Waals surface area contributed by atoms with Crippen molar-refractivity contribution in [1.82, 2.24) is 10.2 Å². The molecule has 0 aromatic heterocycles. The Bertz CT molecular complexity index is 1410. The highest BCUT2D eigenvalue weighted by atomic mass is 35.5. The van der Waals surface area contributed by atoms with Crippen LogP contribution in [-0.2, 0) is 32.6 Å². The summed E-state index contributed by atoms with van der Waals surface area (Å²) >= 11 is 6.19. The molecule has 0 radical (unpaired) electrons. The summed E-state index contributed by atoms with van der Waals surface area (Å²) in [5, 5.41) is 3.30. The first-order valence-electron chi connectivity index (χ1n) is 12.8. The van der Waals surface area contributed by atoms with E-state index in [-0.39, 0.29) is 24.9 Å². The van der Waals surface area contributed by atoms with Crippen molar-refractivity contribution in [1.29, 1.82) is 0 Å². The van der Waals surface area contributed by atoms with E-state index in [4.69, 9.17) is 11.6 Å². The summed E-state index contributed by atoms with van der Waals surface area (Å²) in [7, 11) is -3.86. The molecule has 208 valence electrons. The van der Waals surface area contributed by atoms with Crippen LogP contribution in [0.3, 0.4) is 0 Å². The maximum atomic E-state index is 14.1. The number of hydrogen-bond acceptors (Lipinski definition) is 4. The number of hydrogen-bond donors (Lipinski definition) is 1. The molecule has 0 heterocycles. The fraction of sp³-hybridized carbons (Fsp3) is 0.333. The zero-order valence-corrected chi connectivity index (χ0v) is 24.6. The van der Waals surface area contributed by atoms with Gasteiger partial charge >= 0.3 is 0 Å². The Morgan fingerprint density at radius 3 is 2.21 bits per heavy atom. The zero-order valence-electron chi connectivity index (χ0n) is 23.0. The average molecular weight is 570 g/mol. The van der Waals surface area contributed by atoms with Gasteiger partial charge in [0.2, 0.25) is 21.8 Å². The van der Waals surface area contributed by atoms with Crippen molar-refractivity contribution >= 4 is 39.1 Å². The Kier molecular flexibility index (Phi) is 10.2. The smallest absolute Gasteiger partial charge is 0.244 e. The van der Waals surface area contributed by atoms with Crippen molar-refractivity contribution in [2.45, 2.75) is 52.7 Å². The van der Waals surface area contributed by atoms with Crippen LogP contribution in [0.4, 0.5) is 5.69 Å². The lowest BCUT2D eigenvalue weighted by Gasteiger charge is -2.34. The van der Waals surface area contributed by atoms with E-state index in [2.05, 4.69) is 5.32 Å². The molecule has 3 aromatic carbocycles. The summed E-state index contributed by atoms with van der Waals surface area (Å²) < 4.78 is 26.9. The van der Waals surface area contributed by atoms with E-state index in [1.165, 1.54) is 11.0 Å². The van der Waals surface area contributed by atoms with Gasteiger partial charge in [-0.1, -0.05) is 77.8 Å². The van der Waals surface area contributed by atoms with E-state index < -0.39 is 28.5 Å². The molecule has 7 nitrogen and oxygen atoms in total. The summed E-state index contributed by atoms with van der Waals surface area (Å²) in [5.41, 5.74) is 3.71. The van der Waals surface area contributed by atoms with Gasteiger partial charge in [-0.2, -0.15) is 0 Å². The molecule has 0 aliphatic rings. The summed E-state index contributed by atoms with van der Waals surface area (Å²) in [5.74, 6) is -0.805. The minimum absolute atomic E-state index is 0.135. The molecule has 0 spiro atoms. The summed E-state index contributed by atoms with van der Waals surface area (Å²) in [6, 6.07) is 21.0. The standard InChI is InChI=1S/C30H36ClN3O4S/c1-21(2)32-30(36)28(17-24-11-7-6-8-12-24)33(19-25-13-9-10-22(3)16-25)29(35)20-34(39(5,37)38)27-18-26(31)15-14-23(27)4/h6-16,18,21,28H,17,19-20H2,1-5H3,(H,32,36)/t28-/m0/s1. The molecule has 0 bridgehead atoms. The molecule has 0 fully saturated rings. The second-order valence-electron chi connectivity index (χ2n) is 10.1. The third kappa shape index (κ3) is 8.57. The molecule has 39 heavy (non-hydrogen) atoms. The number of nitrogens with one attached hydrogen (secondary N) is 1. The first-order valence-corrected chi connectivity index (χ1v) is 15.0. The molecule has 0 unspecified atom stereocenters. The second-order valence-corrected chi connectivity index (χ2v) is 12.4. The number of carbonyl (C=O) groups is 2. The van der Waals surface area contributed by atoms with Gasteiger partial charge in [0.05, 0.1) is 11.9 Å². The van der Waals surface area contributed by atoms with E-state index >= 15 is 0 Å². The van der Waals surface area contributed by atoms with Crippen LogP contribution in [0.5, 0.6) is 0 Å². The maximum Gasteiger partial charge on any atom is 0.244 e. The first kappa shape index (κ1) is 30.2. The van der Waals surface area contributed by atoms with Crippen molar-refractivity contribution < 1.29 is 18.0 Å². The molecule has 0 saturated heterocycles. The fourth-order valence-electron chi connectivity index (χ4n) is 4.39. The van der Waals surface area contributed by atoms with Gasteiger partial charge in [-0.05, 0) is 56.5 Å². The third-order valence-electron chi connectivity index (χ3n) is 6.26. The number of amides is 2. The van der Waals surface area contributed by atoms with Crippen LogP contribution in [0.1, 0.15) is 36.1 Å². The minimum Gasteiger partial charge on any atom is -0.352 e. The minimum atomic E-state index is -3.86. The summed E-state index contributed by atoms with van der Waals surface area (Å²) in [6.45, 7) is 7.08. The van der Waals surface area contributed by atoms with Crippen LogP contribution in [0.15, 0.2) is 72.8 Å². The van der Waals surface area contributed by atoms with E-state index in [9.17, 15) is 18.0 Å². The molecule has 1 N–H and O–H groups in total. The molecule has 0 aliphatic carbocycles. The first-order chi connectivity index (χ1) is 18.3. The summed E-state index contributed by atoms with van der Waals surface area (Å²) in [4.78, 5) is 29.1. The van der Waals surface area contributed by atoms with Gasteiger partial charge in [0.1, 0.15) is 12.6 Å². The average Bonchev–Trinajstić information content (AvgIpc) is 2.85. The lowest BCUT2D eigenvalue weighted by Crippen LogP contribution is -2.54. The highest BCUT2D eigenvalue weighted by Crippen LogP contribution is 2.27. The Labute approximate surface area is 236 Å². The monoisotopic (exact) mass is 569 g/mol. The maximum absolute atomic E-state index is 14.1. The van der Waals surface area contributed by atoms with Crippen LogP contribution >= 0.6 is 11.6 Å². The van der Waals surface area contributed by atoms with Gasteiger partial charge < -0.3 is 10.2 Å². The van der Waals surface area contributed by atoms with Crippen LogP contribution < -0.4 is 9.62 Å². The van der Waals surface area contributed by atoms with Crippen LogP contribution in [0.25, 0.3) is 0 Å². The number of aryl methyl sites for hydroxylation is 2. The van der Waals surface area contributed by atoms with Gasteiger partial charge in [-0.25, -0.2) is 8.42 Å². The van der Waals surface area contributed by atoms with Crippen LogP contribution in [-0.4, -0.2) is 50.0 Å². The molecule has 2 amide bonds. The largest absolute Gasteiger partial charge is 0.352 e. The van der Waals surface area contributed by atoms with Gasteiger partial charge in [-0.15, -0.1) is 0 Å². The normalized spacial score (nSPS) is 12.2. The van der Waals surface area contributed by atoms with Crippen molar-refractivity contribution in [2.24, 2.45) is 0 Å². The lowest BCUT2D eigenvalue weighted by atomic mass is 10.0. The van der Waals surface area contributed by atoms with E-state index in [0.29, 0.717) is 16.3 Å². The number of halogens is 1. The number of sulfonamides is 1. The Morgan fingerprint density at radius 1 is 0.923 bits per heavy atom. The van der Waals surface area contributed by atoms with Gasteiger partial charge in [0, 0.05) is 24.0 Å². The highest BCUT2D eigenvalue weighted by molar-refractivity contribution is 7.92. The molecule has 0 aliphatic heterocycles. The predicted octanol–water partition coefficient (Wildman–Crippen LogP) is 4.89. The van der Waals surface area contributed by atoms with Gasteiger partial charge in [0.25, 0.3) is 0 Å². The van der Waals surface area contributed by atoms with Crippen LogP contribution in [0, 0.1) is 13.8 Å². The molecule has 1 atom stereocenters.